The van der Waals surface area contributed by atoms with E-state index in [0.717, 1.165) is 21.7 Å². The van der Waals surface area contributed by atoms with E-state index >= 15 is 0 Å². The fourth-order valence-corrected chi connectivity index (χ4v) is 2.57. The molecule has 2 heterocycles. The largest absolute Gasteiger partial charge is 0.384 e. The van der Waals surface area contributed by atoms with E-state index in [2.05, 4.69) is 15.5 Å². The summed E-state index contributed by atoms with van der Waals surface area (Å²) >= 11 is 1.54. The second kappa shape index (κ2) is 3.81. The van der Waals surface area contributed by atoms with Gasteiger partial charge in [-0.25, -0.2) is 0 Å². The fourth-order valence-electron chi connectivity index (χ4n) is 1.78. The van der Waals surface area contributed by atoms with Gasteiger partial charge in [-0.3, -0.25) is 9.89 Å². The number of hydrogen-bond acceptors (Lipinski definition) is 4. The summed E-state index contributed by atoms with van der Waals surface area (Å²) in [6, 6.07) is 5.88. The van der Waals surface area contributed by atoms with E-state index in [4.69, 9.17) is 5.73 Å². The molecule has 1 aromatic heterocycles. The maximum Gasteiger partial charge on any atom is 0.234 e. The predicted octanol–water partition coefficient (Wildman–Crippen LogP) is 1.70. The zero-order valence-electron chi connectivity index (χ0n) is 8.86. The number of rotatable bonds is 1. The first-order chi connectivity index (χ1) is 8.24. The maximum atomic E-state index is 11.3. The van der Waals surface area contributed by atoms with Crippen LogP contribution in [0, 0.1) is 0 Å². The Bertz CT molecular complexity index is 593. The SMILES string of the molecule is Nc1[nH]ncc1-c1ccc2c(c1)NC(=O)CS2. The summed E-state index contributed by atoms with van der Waals surface area (Å²) in [6.45, 7) is 0. The minimum absolute atomic E-state index is 0.0276. The van der Waals surface area contributed by atoms with E-state index in [1.54, 1.807) is 18.0 Å². The van der Waals surface area contributed by atoms with Crippen LogP contribution in [-0.4, -0.2) is 21.9 Å². The third-order valence-corrected chi connectivity index (χ3v) is 3.67. The van der Waals surface area contributed by atoms with Crippen molar-refractivity contribution in [1.82, 2.24) is 10.2 Å². The molecule has 0 spiro atoms. The second-order valence-corrected chi connectivity index (χ2v) is 4.76. The Balaban J connectivity index is 2.06. The normalized spacial score (nSPS) is 14.2. The van der Waals surface area contributed by atoms with Gasteiger partial charge >= 0.3 is 0 Å². The summed E-state index contributed by atoms with van der Waals surface area (Å²) in [4.78, 5) is 12.4. The highest BCUT2D eigenvalue weighted by Crippen LogP contribution is 2.35. The number of aromatic amines is 1. The lowest BCUT2D eigenvalue weighted by Gasteiger charge is -2.16. The first kappa shape index (κ1) is 10.2. The molecule has 3 rings (SSSR count). The highest BCUT2D eigenvalue weighted by atomic mass is 32.2. The molecule has 0 aliphatic carbocycles. The zero-order valence-corrected chi connectivity index (χ0v) is 9.67. The van der Waals surface area contributed by atoms with Crippen molar-refractivity contribution in [3.05, 3.63) is 24.4 Å². The zero-order chi connectivity index (χ0) is 11.8. The molecule has 0 radical (unpaired) electrons. The Labute approximate surface area is 102 Å². The number of fused-ring (bicyclic) bond motifs is 1. The number of H-pyrrole nitrogens is 1. The molecule has 0 atom stereocenters. The van der Waals surface area contributed by atoms with Gasteiger partial charge in [-0.15, -0.1) is 11.8 Å². The van der Waals surface area contributed by atoms with Crippen molar-refractivity contribution in [1.29, 1.82) is 0 Å². The first-order valence-corrected chi connectivity index (χ1v) is 6.08. The minimum Gasteiger partial charge on any atom is -0.384 e. The quantitative estimate of drug-likeness (QED) is 0.715. The Morgan fingerprint density at radius 1 is 1.41 bits per heavy atom. The van der Waals surface area contributed by atoms with Crippen LogP contribution in [0.5, 0.6) is 0 Å². The molecule has 0 unspecified atom stereocenters. The Kier molecular flexibility index (Phi) is 2.29. The number of nitrogens with zero attached hydrogens (tertiary/aromatic N) is 1. The lowest BCUT2D eigenvalue weighted by molar-refractivity contribution is -0.113. The number of hydrogen-bond donors (Lipinski definition) is 3. The molecular formula is C11H10N4OS. The van der Waals surface area contributed by atoms with Crippen LogP contribution in [-0.2, 0) is 4.79 Å². The molecule has 1 amide bonds. The molecule has 17 heavy (non-hydrogen) atoms. The number of carbonyl (C=O) groups excluding carboxylic acids is 1. The van der Waals surface area contributed by atoms with Crippen LogP contribution in [0.4, 0.5) is 11.5 Å². The van der Waals surface area contributed by atoms with E-state index in [1.165, 1.54) is 0 Å². The summed E-state index contributed by atoms with van der Waals surface area (Å²) in [5.74, 6) is 1.03. The Morgan fingerprint density at radius 2 is 2.29 bits per heavy atom. The van der Waals surface area contributed by atoms with Gasteiger partial charge in [-0.05, 0) is 17.7 Å². The number of amides is 1. The molecule has 1 aliphatic rings. The van der Waals surface area contributed by atoms with Crippen LogP contribution in [0.15, 0.2) is 29.3 Å². The molecular weight excluding hydrogens is 236 g/mol. The number of nitrogens with one attached hydrogen (secondary N) is 2. The van der Waals surface area contributed by atoms with Gasteiger partial charge in [0.1, 0.15) is 5.82 Å². The number of aromatic nitrogens is 2. The van der Waals surface area contributed by atoms with Crippen molar-refractivity contribution in [2.75, 3.05) is 16.8 Å². The van der Waals surface area contributed by atoms with Crippen molar-refractivity contribution in [2.24, 2.45) is 0 Å². The van der Waals surface area contributed by atoms with Gasteiger partial charge in [-0.2, -0.15) is 5.10 Å². The van der Waals surface area contributed by atoms with Gasteiger partial charge in [0.15, 0.2) is 0 Å². The lowest BCUT2D eigenvalue weighted by Crippen LogP contribution is -2.18. The molecule has 1 aromatic carbocycles. The molecule has 5 nitrogen and oxygen atoms in total. The van der Waals surface area contributed by atoms with Crippen molar-refractivity contribution >= 4 is 29.2 Å². The maximum absolute atomic E-state index is 11.3. The highest BCUT2D eigenvalue weighted by molar-refractivity contribution is 8.00. The monoisotopic (exact) mass is 246 g/mol. The summed E-state index contributed by atoms with van der Waals surface area (Å²) < 4.78 is 0. The van der Waals surface area contributed by atoms with Crippen LogP contribution in [0.1, 0.15) is 0 Å². The molecule has 0 bridgehead atoms. The molecule has 0 saturated heterocycles. The summed E-state index contributed by atoms with van der Waals surface area (Å²) in [6.07, 6.45) is 1.68. The van der Waals surface area contributed by atoms with Gasteiger partial charge in [0.2, 0.25) is 5.91 Å². The highest BCUT2D eigenvalue weighted by Gasteiger charge is 2.16. The number of benzene rings is 1. The van der Waals surface area contributed by atoms with Crippen molar-refractivity contribution in [3.63, 3.8) is 0 Å². The number of nitrogen functional groups attached to an aromatic ring is 1. The predicted molar refractivity (Wildman–Crippen MR) is 67.8 cm³/mol. The number of anilines is 2. The summed E-state index contributed by atoms with van der Waals surface area (Å²) in [5, 5.41) is 9.42. The molecule has 6 heteroatoms. The number of thioether (sulfide) groups is 1. The minimum atomic E-state index is 0.0276. The van der Waals surface area contributed by atoms with E-state index in [0.29, 0.717) is 11.6 Å². The van der Waals surface area contributed by atoms with E-state index in [-0.39, 0.29) is 5.91 Å². The molecule has 4 N–H and O–H groups in total. The van der Waals surface area contributed by atoms with Gasteiger partial charge in [0, 0.05) is 10.5 Å². The smallest absolute Gasteiger partial charge is 0.234 e. The summed E-state index contributed by atoms with van der Waals surface area (Å²) in [7, 11) is 0. The van der Waals surface area contributed by atoms with Crippen LogP contribution in [0.25, 0.3) is 11.1 Å². The van der Waals surface area contributed by atoms with Crippen LogP contribution >= 0.6 is 11.8 Å². The van der Waals surface area contributed by atoms with Crippen molar-refractivity contribution < 1.29 is 4.79 Å². The lowest BCUT2D eigenvalue weighted by atomic mass is 10.1. The molecule has 2 aromatic rings. The van der Waals surface area contributed by atoms with Crippen LogP contribution in [0.2, 0.25) is 0 Å². The molecule has 0 saturated carbocycles. The van der Waals surface area contributed by atoms with Gasteiger partial charge in [-0.1, -0.05) is 6.07 Å². The standard InChI is InChI=1S/C11H10N4OS/c12-11-7(4-13-15-11)6-1-2-9-8(3-6)14-10(16)5-17-9/h1-4H,5H2,(H,14,16)(H3,12,13,15). The first-order valence-electron chi connectivity index (χ1n) is 5.10. The molecule has 0 fully saturated rings. The number of nitrogens with two attached hydrogens (primary N) is 1. The molecule has 1 aliphatic heterocycles. The van der Waals surface area contributed by atoms with Crippen LogP contribution in [0.3, 0.4) is 0 Å². The topological polar surface area (TPSA) is 83.8 Å². The third-order valence-electron chi connectivity index (χ3n) is 2.59. The van der Waals surface area contributed by atoms with E-state index in [1.807, 2.05) is 18.2 Å². The van der Waals surface area contributed by atoms with E-state index < -0.39 is 0 Å². The Hall–Kier alpha value is -1.95. The average molecular weight is 246 g/mol. The van der Waals surface area contributed by atoms with Crippen LogP contribution < -0.4 is 11.1 Å². The van der Waals surface area contributed by atoms with Crippen molar-refractivity contribution in [3.8, 4) is 11.1 Å². The fraction of sp³-hybridized carbons (Fsp3) is 0.0909. The Morgan fingerprint density at radius 3 is 3.06 bits per heavy atom. The summed E-state index contributed by atoms with van der Waals surface area (Å²) in [5.41, 5.74) is 8.39. The van der Waals surface area contributed by atoms with Gasteiger partial charge in [0.25, 0.3) is 0 Å². The second-order valence-electron chi connectivity index (χ2n) is 3.75. The molecule has 86 valence electrons. The average Bonchev–Trinajstić information content (AvgIpc) is 2.74. The number of carbonyl (C=O) groups is 1. The third kappa shape index (κ3) is 1.76. The van der Waals surface area contributed by atoms with E-state index in [9.17, 15) is 4.79 Å². The van der Waals surface area contributed by atoms with Gasteiger partial charge < -0.3 is 11.1 Å². The van der Waals surface area contributed by atoms with Gasteiger partial charge in [0.05, 0.1) is 17.6 Å². The van der Waals surface area contributed by atoms with Crippen molar-refractivity contribution in [2.45, 2.75) is 4.90 Å².